The number of carbonyl (C=O) groups excluding carboxylic acids is 2. The summed E-state index contributed by atoms with van der Waals surface area (Å²) in [5.74, 6) is -0.417. The van der Waals surface area contributed by atoms with Crippen LogP contribution in [0.5, 0.6) is 0 Å². The van der Waals surface area contributed by atoms with E-state index in [-0.39, 0.29) is 18.4 Å². The van der Waals surface area contributed by atoms with Gasteiger partial charge in [-0.3, -0.25) is 9.59 Å². The van der Waals surface area contributed by atoms with Gasteiger partial charge >= 0.3 is 0 Å². The number of nitrogens with two attached hydrogens (primary N) is 1. The molecular formula is C19H21N3O2. The van der Waals surface area contributed by atoms with E-state index < -0.39 is 6.04 Å². The molecule has 0 aromatic heterocycles. The van der Waals surface area contributed by atoms with Crippen molar-refractivity contribution in [3.8, 4) is 0 Å². The van der Waals surface area contributed by atoms with Crippen LogP contribution >= 0.6 is 0 Å². The highest BCUT2D eigenvalue weighted by Crippen LogP contribution is 2.27. The number of fused-ring (bicyclic) bond motifs is 1. The first-order valence-corrected chi connectivity index (χ1v) is 8.10. The molecule has 3 N–H and O–H groups in total. The van der Waals surface area contributed by atoms with Crippen LogP contribution in [0.15, 0.2) is 54.6 Å². The zero-order valence-corrected chi connectivity index (χ0v) is 13.4. The summed E-state index contributed by atoms with van der Waals surface area (Å²) in [6.45, 7) is 0.625. The average molecular weight is 323 g/mol. The number of nitrogens with zero attached hydrogens (tertiary/aromatic N) is 1. The molecule has 3 rings (SSSR count). The van der Waals surface area contributed by atoms with Crippen LogP contribution in [0.25, 0.3) is 0 Å². The maximum atomic E-state index is 12.4. The number of carbonyl (C=O) groups is 2. The summed E-state index contributed by atoms with van der Waals surface area (Å²) in [6, 6.07) is 16.8. The van der Waals surface area contributed by atoms with Crippen molar-refractivity contribution >= 4 is 17.5 Å². The molecule has 0 fully saturated rings. The van der Waals surface area contributed by atoms with Crippen molar-refractivity contribution in [1.82, 2.24) is 5.32 Å². The van der Waals surface area contributed by atoms with Crippen molar-refractivity contribution in [3.05, 3.63) is 65.7 Å². The zero-order valence-electron chi connectivity index (χ0n) is 13.4. The molecule has 1 aliphatic heterocycles. The van der Waals surface area contributed by atoms with E-state index in [9.17, 15) is 9.59 Å². The molecule has 1 atom stereocenters. The average Bonchev–Trinajstić information content (AvgIpc) is 3.04. The molecule has 1 heterocycles. The Balaban J connectivity index is 1.52. The summed E-state index contributed by atoms with van der Waals surface area (Å²) in [5, 5.41) is 2.66. The minimum absolute atomic E-state index is 0.0321. The number of benzene rings is 2. The predicted molar refractivity (Wildman–Crippen MR) is 93.6 cm³/mol. The third-order valence-electron chi connectivity index (χ3n) is 4.24. The highest BCUT2D eigenvalue weighted by Gasteiger charge is 2.24. The van der Waals surface area contributed by atoms with Crippen molar-refractivity contribution in [3.63, 3.8) is 0 Å². The van der Waals surface area contributed by atoms with Gasteiger partial charge in [-0.05, 0) is 30.0 Å². The van der Waals surface area contributed by atoms with Gasteiger partial charge in [0.05, 0.1) is 12.6 Å². The molecule has 2 aromatic carbocycles. The van der Waals surface area contributed by atoms with Gasteiger partial charge in [0.1, 0.15) is 0 Å². The summed E-state index contributed by atoms with van der Waals surface area (Å²) in [7, 11) is 0. The molecule has 5 nitrogen and oxygen atoms in total. The highest BCUT2D eigenvalue weighted by atomic mass is 16.2. The van der Waals surface area contributed by atoms with Crippen molar-refractivity contribution in [1.29, 1.82) is 0 Å². The number of amides is 2. The van der Waals surface area contributed by atoms with Gasteiger partial charge in [-0.25, -0.2) is 0 Å². The second kappa shape index (κ2) is 7.27. The quantitative estimate of drug-likeness (QED) is 0.870. The molecule has 0 aliphatic carbocycles. The van der Waals surface area contributed by atoms with Crippen molar-refractivity contribution in [2.75, 3.05) is 18.0 Å². The molecule has 2 amide bonds. The number of rotatable bonds is 5. The molecule has 0 radical (unpaired) electrons. The Morgan fingerprint density at radius 1 is 1.08 bits per heavy atom. The van der Waals surface area contributed by atoms with Gasteiger partial charge in [0.2, 0.25) is 11.8 Å². The number of hydrogen-bond acceptors (Lipinski definition) is 3. The number of anilines is 1. The molecule has 0 spiro atoms. The molecule has 1 aliphatic rings. The van der Waals surface area contributed by atoms with Crippen LogP contribution < -0.4 is 16.0 Å². The normalized spacial score (nSPS) is 14.1. The fourth-order valence-corrected chi connectivity index (χ4v) is 2.95. The van der Waals surface area contributed by atoms with E-state index in [1.165, 1.54) is 0 Å². The molecular weight excluding hydrogens is 302 g/mol. The molecule has 24 heavy (non-hydrogen) atoms. The molecule has 0 unspecified atom stereocenters. The number of hydrogen-bond donors (Lipinski definition) is 2. The first-order chi connectivity index (χ1) is 11.6. The predicted octanol–water partition coefficient (Wildman–Crippen LogP) is 1.26. The second-order valence-electron chi connectivity index (χ2n) is 5.94. The monoisotopic (exact) mass is 323 g/mol. The zero-order chi connectivity index (χ0) is 16.9. The van der Waals surface area contributed by atoms with Crippen LogP contribution in [0.2, 0.25) is 0 Å². The van der Waals surface area contributed by atoms with Gasteiger partial charge in [0.25, 0.3) is 0 Å². The fourth-order valence-electron chi connectivity index (χ4n) is 2.95. The minimum Gasteiger partial charge on any atom is -0.346 e. The van der Waals surface area contributed by atoms with E-state index in [1.54, 1.807) is 4.90 Å². The maximum absolute atomic E-state index is 12.4. The Morgan fingerprint density at radius 2 is 1.79 bits per heavy atom. The largest absolute Gasteiger partial charge is 0.346 e. The lowest BCUT2D eigenvalue weighted by atomic mass is 10.1. The SMILES string of the molecule is N[C@@H](Cc1ccccc1)C(=O)NCC(=O)N1CCc2ccccc21. The Morgan fingerprint density at radius 3 is 2.58 bits per heavy atom. The van der Waals surface area contributed by atoms with Crippen LogP contribution in [-0.4, -0.2) is 30.9 Å². The van der Waals surface area contributed by atoms with Gasteiger partial charge in [-0.2, -0.15) is 0 Å². The third-order valence-corrected chi connectivity index (χ3v) is 4.24. The maximum Gasteiger partial charge on any atom is 0.246 e. The van der Waals surface area contributed by atoms with Gasteiger partial charge in [0.15, 0.2) is 0 Å². The molecule has 5 heteroatoms. The summed E-state index contributed by atoms with van der Waals surface area (Å²) in [5.41, 5.74) is 9.03. The summed E-state index contributed by atoms with van der Waals surface area (Å²) in [6.07, 6.45) is 1.30. The third kappa shape index (κ3) is 3.63. The first-order valence-electron chi connectivity index (χ1n) is 8.10. The Bertz CT molecular complexity index is 730. The van der Waals surface area contributed by atoms with Crippen LogP contribution in [-0.2, 0) is 22.4 Å². The molecule has 0 saturated heterocycles. The summed E-state index contributed by atoms with van der Waals surface area (Å²) < 4.78 is 0. The first kappa shape index (κ1) is 16.2. The van der Waals surface area contributed by atoms with E-state index in [1.807, 2.05) is 54.6 Å². The van der Waals surface area contributed by atoms with E-state index >= 15 is 0 Å². The van der Waals surface area contributed by atoms with Gasteiger partial charge in [0, 0.05) is 12.2 Å². The second-order valence-corrected chi connectivity index (χ2v) is 5.94. The molecule has 124 valence electrons. The lowest BCUT2D eigenvalue weighted by Crippen LogP contribution is -2.46. The van der Waals surface area contributed by atoms with Crippen molar-refractivity contribution < 1.29 is 9.59 Å². The van der Waals surface area contributed by atoms with Gasteiger partial charge in [-0.15, -0.1) is 0 Å². The fraction of sp³-hybridized carbons (Fsp3) is 0.263. The lowest BCUT2D eigenvalue weighted by Gasteiger charge is -2.18. The molecule has 2 aromatic rings. The topological polar surface area (TPSA) is 75.4 Å². The lowest BCUT2D eigenvalue weighted by molar-refractivity contribution is -0.125. The van der Waals surface area contributed by atoms with Crippen LogP contribution in [0.4, 0.5) is 5.69 Å². The number of para-hydroxylation sites is 1. The summed E-state index contributed by atoms with van der Waals surface area (Å²) in [4.78, 5) is 26.2. The molecule has 0 bridgehead atoms. The minimum atomic E-state index is -0.661. The van der Waals surface area contributed by atoms with Gasteiger partial charge in [-0.1, -0.05) is 48.5 Å². The van der Waals surface area contributed by atoms with Crippen LogP contribution in [0.1, 0.15) is 11.1 Å². The van der Waals surface area contributed by atoms with Crippen LogP contribution in [0.3, 0.4) is 0 Å². The highest BCUT2D eigenvalue weighted by molar-refractivity contribution is 5.98. The Hall–Kier alpha value is -2.66. The Kier molecular flexibility index (Phi) is 4.91. The van der Waals surface area contributed by atoms with Crippen molar-refractivity contribution in [2.24, 2.45) is 5.73 Å². The van der Waals surface area contributed by atoms with E-state index in [0.717, 1.165) is 23.2 Å². The van der Waals surface area contributed by atoms with E-state index in [4.69, 9.17) is 5.73 Å². The van der Waals surface area contributed by atoms with Crippen molar-refractivity contribution in [2.45, 2.75) is 18.9 Å². The van der Waals surface area contributed by atoms with E-state index in [0.29, 0.717) is 13.0 Å². The molecule has 0 saturated carbocycles. The van der Waals surface area contributed by atoms with Crippen LogP contribution in [0, 0.1) is 0 Å². The summed E-state index contributed by atoms with van der Waals surface area (Å²) >= 11 is 0. The number of nitrogens with one attached hydrogen (secondary N) is 1. The smallest absolute Gasteiger partial charge is 0.246 e. The standard InChI is InChI=1S/C19H21N3O2/c20-16(12-14-6-2-1-3-7-14)19(24)21-13-18(23)22-11-10-15-8-4-5-9-17(15)22/h1-9,16H,10-13,20H2,(H,21,24)/t16-/m0/s1. The van der Waals surface area contributed by atoms with E-state index in [2.05, 4.69) is 5.32 Å². The van der Waals surface area contributed by atoms with Gasteiger partial charge < -0.3 is 16.0 Å². The Labute approximate surface area is 141 Å².